The van der Waals surface area contributed by atoms with Gasteiger partial charge in [0.05, 0.1) is 11.4 Å². The molecule has 4 heteroatoms. The Hall–Kier alpha value is -2.36. The monoisotopic (exact) mass is 340 g/mol. The van der Waals surface area contributed by atoms with Crippen molar-refractivity contribution in [2.24, 2.45) is 5.92 Å². The molecule has 0 aromatic heterocycles. The topological polar surface area (TPSA) is 32.3 Å². The van der Waals surface area contributed by atoms with Crippen molar-refractivity contribution in [3.8, 4) is 0 Å². The highest BCUT2D eigenvalue weighted by atomic mass is 19.1. The van der Waals surface area contributed by atoms with E-state index in [1.807, 2.05) is 43.3 Å². The summed E-state index contributed by atoms with van der Waals surface area (Å²) in [4.78, 5) is 14.5. The van der Waals surface area contributed by atoms with Crippen LogP contribution in [-0.2, 0) is 0 Å². The molecule has 0 spiro atoms. The number of rotatable bonds is 4. The zero-order valence-electron chi connectivity index (χ0n) is 14.7. The summed E-state index contributed by atoms with van der Waals surface area (Å²) >= 11 is 0. The summed E-state index contributed by atoms with van der Waals surface area (Å²) in [5.41, 5.74) is 2.06. The molecule has 3 nitrogen and oxygen atoms in total. The first-order chi connectivity index (χ1) is 12.1. The summed E-state index contributed by atoms with van der Waals surface area (Å²) in [7, 11) is 0. The molecule has 0 unspecified atom stereocenters. The molecular weight excluding hydrogens is 315 g/mol. The fourth-order valence-corrected chi connectivity index (χ4v) is 3.51. The Balaban J connectivity index is 1.82. The fraction of sp³-hybridized carbons (Fsp3) is 0.381. The molecule has 25 heavy (non-hydrogen) atoms. The Kier molecular flexibility index (Phi) is 5.69. The van der Waals surface area contributed by atoms with E-state index in [9.17, 15) is 9.18 Å². The highest BCUT2D eigenvalue weighted by Crippen LogP contribution is 2.28. The Bertz CT molecular complexity index is 691. The van der Waals surface area contributed by atoms with E-state index in [4.69, 9.17) is 0 Å². The molecule has 2 aromatic rings. The van der Waals surface area contributed by atoms with Gasteiger partial charge in [0.25, 0.3) is 0 Å². The Morgan fingerprint density at radius 3 is 2.48 bits per heavy atom. The minimum absolute atomic E-state index is 0.207. The Morgan fingerprint density at radius 2 is 1.80 bits per heavy atom. The third-order valence-electron chi connectivity index (χ3n) is 4.77. The molecule has 0 saturated heterocycles. The number of aryl methyl sites for hydroxylation is 1. The predicted molar refractivity (Wildman–Crippen MR) is 99.7 cm³/mol. The molecular formula is C21H25FN2O. The van der Waals surface area contributed by atoms with Gasteiger partial charge < -0.3 is 5.32 Å². The van der Waals surface area contributed by atoms with Gasteiger partial charge in [-0.05, 0) is 61.6 Å². The third-order valence-corrected chi connectivity index (χ3v) is 4.77. The molecule has 0 aliphatic heterocycles. The summed E-state index contributed by atoms with van der Waals surface area (Å²) in [5, 5.41) is 3.05. The molecule has 0 bridgehead atoms. The van der Waals surface area contributed by atoms with Crippen LogP contribution in [0.3, 0.4) is 0 Å². The molecule has 0 heterocycles. The Labute approximate surface area is 148 Å². The SMILES string of the molecule is Cc1cc(F)cc(N(C(=O)NCC2CCCCC2)c2ccccc2)c1. The van der Waals surface area contributed by atoms with Gasteiger partial charge in [0, 0.05) is 6.54 Å². The van der Waals surface area contributed by atoms with E-state index in [1.54, 1.807) is 4.90 Å². The minimum Gasteiger partial charge on any atom is -0.337 e. The molecule has 2 amide bonds. The summed E-state index contributed by atoms with van der Waals surface area (Å²) in [6.45, 7) is 2.51. The normalized spacial score (nSPS) is 15.0. The number of benzene rings is 2. The average molecular weight is 340 g/mol. The lowest BCUT2D eigenvalue weighted by Crippen LogP contribution is -2.39. The average Bonchev–Trinajstić information content (AvgIpc) is 2.61. The maximum Gasteiger partial charge on any atom is 0.326 e. The van der Waals surface area contributed by atoms with Gasteiger partial charge in [0.2, 0.25) is 0 Å². The van der Waals surface area contributed by atoms with Crippen molar-refractivity contribution >= 4 is 17.4 Å². The molecule has 1 fully saturated rings. The van der Waals surface area contributed by atoms with Crippen LogP contribution in [0.25, 0.3) is 0 Å². The molecule has 3 rings (SSSR count). The van der Waals surface area contributed by atoms with E-state index in [1.165, 1.54) is 44.2 Å². The van der Waals surface area contributed by atoms with E-state index >= 15 is 0 Å². The second-order valence-electron chi connectivity index (χ2n) is 6.85. The standard InChI is InChI=1S/C21H25FN2O/c1-16-12-18(22)14-20(13-16)24(19-10-6-3-7-11-19)21(25)23-15-17-8-4-2-5-9-17/h3,6-7,10-14,17H,2,4-5,8-9,15H2,1H3,(H,23,25). The van der Waals surface area contributed by atoms with Crippen LogP contribution in [0.4, 0.5) is 20.6 Å². The van der Waals surface area contributed by atoms with Gasteiger partial charge in [0.15, 0.2) is 0 Å². The number of carbonyl (C=O) groups is 1. The molecule has 132 valence electrons. The van der Waals surface area contributed by atoms with Crippen LogP contribution in [0.2, 0.25) is 0 Å². The van der Waals surface area contributed by atoms with Crippen LogP contribution >= 0.6 is 0 Å². The zero-order chi connectivity index (χ0) is 17.6. The third kappa shape index (κ3) is 4.59. The van der Waals surface area contributed by atoms with Crippen molar-refractivity contribution in [3.05, 3.63) is 59.9 Å². The lowest BCUT2D eigenvalue weighted by Gasteiger charge is -2.26. The minimum atomic E-state index is -0.337. The van der Waals surface area contributed by atoms with E-state index in [0.717, 1.165) is 11.3 Å². The number of para-hydroxylation sites is 1. The highest BCUT2D eigenvalue weighted by molar-refractivity contribution is 5.99. The van der Waals surface area contributed by atoms with Crippen molar-refractivity contribution in [3.63, 3.8) is 0 Å². The van der Waals surface area contributed by atoms with Gasteiger partial charge in [-0.25, -0.2) is 9.18 Å². The number of amides is 2. The van der Waals surface area contributed by atoms with Crippen LogP contribution in [0.1, 0.15) is 37.7 Å². The molecule has 2 aromatic carbocycles. The largest absolute Gasteiger partial charge is 0.337 e. The number of halogens is 1. The highest BCUT2D eigenvalue weighted by Gasteiger charge is 2.21. The lowest BCUT2D eigenvalue weighted by molar-refractivity contribution is 0.244. The first-order valence-corrected chi connectivity index (χ1v) is 9.03. The van der Waals surface area contributed by atoms with E-state index in [2.05, 4.69) is 5.32 Å². The number of nitrogens with zero attached hydrogens (tertiary/aromatic N) is 1. The Morgan fingerprint density at radius 1 is 1.08 bits per heavy atom. The number of nitrogens with one attached hydrogen (secondary N) is 1. The van der Waals surface area contributed by atoms with Crippen LogP contribution in [-0.4, -0.2) is 12.6 Å². The van der Waals surface area contributed by atoms with Crippen LogP contribution in [0, 0.1) is 18.7 Å². The van der Waals surface area contributed by atoms with Gasteiger partial charge in [-0.3, -0.25) is 4.90 Å². The molecule has 0 radical (unpaired) electrons. The number of hydrogen-bond donors (Lipinski definition) is 1. The summed E-state index contributed by atoms with van der Waals surface area (Å²) in [6.07, 6.45) is 6.12. The van der Waals surface area contributed by atoms with Gasteiger partial charge in [-0.1, -0.05) is 37.5 Å². The smallest absolute Gasteiger partial charge is 0.326 e. The maximum absolute atomic E-state index is 13.9. The van der Waals surface area contributed by atoms with Gasteiger partial charge in [-0.2, -0.15) is 0 Å². The van der Waals surface area contributed by atoms with Crippen LogP contribution in [0.15, 0.2) is 48.5 Å². The molecule has 1 aliphatic rings. The number of anilines is 2. The van der Waals surface area contributed by atoms with Crippen molar-refractivity contribution in [1.82, 2.24) is 5.32 Å². The van der Waals surface area contributed by atoms with Crippen molar-refractivity contribution in [2.75, 3.05) is 11.4 Å². The first-order valence-electron chi connectivity index (χ1n) is 9.03. The number of urea groups is 1. The molecule has 1 N–H and O–H groups in total. The summed E-state index contributed by atoms with van der Waals surface area (Å²) in [5.74, 6) is 0.209. The van der Waals surface area contributed by atoms with E-state index < -0.39 is 0 Å². The quantitative estimate of drug-likeness (QED) is 0.776. The zero-order valence-corrected chi connectivity index (χ0v) is 14.7. The van der Waals surface area contributed by atoms with Crippen molar-refractivity contribution < 1.29 is 9.18 Å². The molecule has 1 aliphatic carbocycles. The van der Waals surface area contributed by atoms with E-state index in [-0.39, 0.29) is 11.8 Å². The van der Waals surface area contributed by atoms with Crippen LogP contribution < -0.4 is 10.2 Å². The van der Waals surface area contributed by atoms with Gasteiger partial charge >= 0.3 is 6.03 Å². The van der Waals surface area contributed by atoms with Gasteiger partial charge in [-0.15, -0.1) is 0 Å². The van der Waals surface area contributed by atoms with Crippen molar-refractivity contribution in [2.45, 2.75) is 39.0 Å². The lowest BCUT2D eigenvalue weighted by atomic mass is 9.89. The van der Waals surface area contributed by atoms with E-state index in [0.29, 0.717) is 18.2 Å². The van der Waals surface area contributed by atoms with Crippen LogP contribution in [0.5, 0.6) is 0 Å². The fourth-order valence-electron chi connectivity index (χ4n) is 3.51. The molecule has 1 saturated carbocycles. The summed E-state index contributed by atoms with van der Waals surface area (Å²) < 4.78 is 13.9. The first kappa shape index (κ1) is 17.5. The van der Waals surface area contributed by atoms with Crippen molar-refractivity contribution in [1.29, 1.82) is 0 Å². The predicted octanol–water partition coefficient (Wildman–Crippen LogP) is 5.56. The number of hydrogen-bond acceptors (Lipinski definition) is 1. The second kappa shape index (κ2) is 8.15. The molecule has 0 atom stereocenters. The number of carbonyl (C=O) groups excluding carboxylic acids is 1. The van der Waals surface area contributed by atoms with Gasteiger partial charge in [0.1, 0.15) is 5.82 Å². The second-order valence-corrected chi connectivity index (χ2v) is 6.85. The summed E-state index contributed by atoms with van der Waals surface area (Å²) in [6, 6.07) is 13.9. The maximum atomic E-state index is 13.9.